The quantitative estimate of drug-likeness (QED) is 0.529. The highest BCUT2D eigenvalue weighted by Crippen LogP contribution is 2.14. The van der Waals surface area contributed by atoms with Gasteiger partial charge in [-0.15, -0.1) is 11.3 Å². The molecule has 130 valence electrons. The highest BCUT2D eigenvalue weighted by atomic mass is 32.1. The molecule has 0 atom stereocenters. The molecule has 0 saturated heterocycles. The van der Waals surface area contributed by atoms with Crippen LogP contribution in [0.2, 0.25) is 0 Å². The van der Waals surface area contributed by atoms with Gasteiger partial charge in [0.25, 0.3) is 0 Å². The molecule has 1 aromatic carbocycles. The van der Waals surface area contributed by atoms with E-state index in [9.17, 15) is 0 Å². The maximum atomic E-state index is 4.29. The highest BCUT2D eigenvalue weighted by Gasteiger charge is 2.02. The van der Waals surface area contributed by atoms with Crippen molar-refractivity contribution in [2.75, 3.05) is 7.05 Å². The van der Waals surface area contributed by atoms with E-state index in [1.165, 1.54) is 20.9 Å². The summed E-state index contributed by atoms with van der Waals surface area (Å²) in [5.41, 5.74) is 2.46. The van der Waals surface area contributed by atoms with E-state index in [1.807, 2.05) is 16.9 Å². The molecule has 0 aliphatic rings. The van der Waals surface area contributed by atoms with Crippen molar-refractivity contribution in [3.63, 3.8) is 0 Å². The van der Waals surface area contributed by atoms with E-state index >= 15 is 0 Å². The predicted molar refractivity (Wildman–Crippen MR) is 104 cm³/mol. The first-order valence-corrected chi connectivity index (χ1v) is 9.09. The monoisotopic (exact) mass is 353 g/mol. The standard InChI is InChI=1S/C19H23N5S/c1-15-7-8-18(25-15)13-22-19(20-2)21-12-16-5-3-6-17(11-16)14-24-10-4-9-23-24/h3-11H,12-14H2,1-2H3,(H2,20,21,22). The lowest BCUT2D eigenvalue weighted by Crippen LogP contribution is -2.36. The molecule has 2 N–H and O–H groups in total. The van der Waals surface area contributed by atoms with Gasteiger partial charge in [0, 0.05) is 35.7 Å². The van der Waals surface area contributed by atoms with Gasteiger partial charge in [0.15, 0.2) is 5.96 Å². The average molecular weight is 353 g/mol. The molecule has 0 fully saturated rings. The summed E-state index contributed by atoms with van der Waals surface area (Å²) >= 11 is 1.80. The van der Waals surface area contributed by atoms with Gasteiger partial charge in [0.1, 0.15) is 0 Å². The molecule has 0 unspecified atom stereocenters. The van der Waals surface area contributed by atoms with Crippen LogP contribution in [0.3, 0.4) is 0 Å². The van der Waals surface area contributed by atoms with Gasteiger partial charge in [-0.25, -0.2) is 0 Å². The molecule has 0 spiro atoms. The Morgan fingerprint density at radius 3 is 2.68 bits per heavy atom. The Morgan fingerprint density at radius 1 is 1.12 bits per heavy atom. The van der Waals surface area contributed by atoms with Crippen LogP contribution in [0.25, 0.3) is 0 Å². The Morgan fingerprint density at radius 2 is 1.96 bits per heavy atom. The lowest BCUT2D eigenvalue weighted by atomic mass is 10.1. The van der Waals surface area contributed by atoms with Crippen LogP contribution in [0, 0.1) is 6.92 Å². The normalized spacial score (nSPS) is 11.5. The smallest absolute Gasteiger partial charge is 0.191 e. The van der Waals surface area contributed by atoms with Crippen molar-refractivity contribution in [3.8, 4) is 0 Å². The van der Waals surface area contributed by atoms with Crippen LogP contribution in [-0.4, -0.2) is 22.8 Å². The van der Waals surface area contributed by atoms with Crippen LogP contribution in [0.4, 0.5) is 0 Å². The summed E-state index contributed by atoms with van der Waals surface area (Å²) in [6, 6.07) is 14.8. The molecule has 0 bridgehead atoms. The number of benzene rings is 1. The van der Waals surface area contributed by atoms with E-state index in [4.69, 9.17) is 0 Å². The largest absolute Gasteiger partial charge is 0.352 e. The number of aryl methyl sites for hydroxylation is 1. The average Bonchev–Trinajstić information content (AvgIpc) is 3.27. The summed E-state index contributed by atoms with van der Waals surface area (Å²) in [6.07, 6.45) is 3.78. The summed E-state index contributed by atoms with van der Waals surface area (Å²) in [5.74, 6) is 0.809. The Bertz CT molecular complexity index is 820. The predicted octanol–water partition coefficient (Wildman–Crippen LogP) is 3.17. The number of rotatable bonds is 6. The van der Waals surface area contributed by atoms with Gasteiger partial charge in [0.05, 0.1) is 13.1 Å². The molecular formula is C19H23N5S. The molecule has 0 amide bonds. The van der Waals surface area contributed by atoms with Crippen molar-refractivity contribution in [2.45, 2.75) is 26.6 Å². The summed E-state index contributed by atoms with van der Waals surface area (Å²) < 4.78 is 1.93. The highest BCUT2D eigenvalue weighted by molar-refractivity contribution is 7.11. The van der Waals surface area contributed by atoms with Gasteiger partial charge in [-0.1, -0.05) is 24.3 Å². The number of nitrogens with one attached hydrogen (secondary N) is 2. The second-order valence-electron chi connectivity index (χ2n) is 5.82. The Labute approximate surface area is 152 Å². The first-order valence-electron chi connectivity index (χ1n) is 8.28. The fourth-order valence-electron chi connectivity index (χ4n) is 2.58. The molecule has 3 aromatic rings. The van der Waals surface area contributed by atoms with Crippen LogP contribution in [0.15, 0.2) is 59.9 Å². The van der Waals surface area contributed by atoms with E-state index in [0.717, 1.165) is 25.6 Å². The van der Waals surface area contributed by atoms with Gasteiger partial charge >= 0.3 is 0 Å². The molecule has 3 rings (SSSR count). The number of guanidine groups is 1. The zero-order valence-corrected chi connectivity index (χ0v) is 15.4. The number of thiophene rings is 1. The van der Waals surface area contributed by atoms with E-state index in [2.05, 4.69) is 64.0 Å². The van der Waals surface area contributed by atoms with Gasteiger partial charge in [-0.05, 0) is 36.2 Å². The van der Waals surface area contributed by atoms with Gasteiger partial charge in [-0.3, -0.25) is 9.67 Å². The molecule has 0 radical (unpaired) electrons. The van der Waals surface area contributed by atoms with Gasteiger partial charge < -0.3 is 10.6 Å². The van der Waals surface area contributed by atoms with Crippen LogP contribution in [-0.2, 0) is 19.6 Å². The Hall–Kier alpha value is -2.60. The third-order valence-corrected chi connectivity index (χ3v) is 4.81. The molecule has 0 saturated carbocycles. The number of aliphatic imine (C=N–C) groups is 1. The summed E-state index contributed by atoms with van der Waals surface area (Å²) in [5, 5.41) is 11.0. The minimum Gasteiger partial charge on any atom is -0.352 e. The van der Waals surface area contributed by atoms with E-state index < -0.39 is 0 Å². The SMILES string of the molecule is CN=C(NCc1cccc(Cn2cccn2)c1)NCc1ccc(C)s1. The zero-order chi connectivity index (χ0) is 17.5. The molecule has 0 aliphatic carbocycles. The van der Waals surface area contributed by atoms with Gasteiger partial charge in [0.2, 0.25) is 0 Å². The number of hydrogen-bond acceptors (Lipinski definition) is 3. The van der Waals surface area contributed by atoms with Crippen molar-refractivity contribution in [3.05, 3.63) is 75.7 Å². The third kappa shape index (κ3) is 5.19. The van der Waals surface area contributed by atoms with Crippen molar-refractivity contribution in [1.29, 1.82) is 0 Å². The van der Waals surface area contributed by atoms with Crippen LogP contribution in [0.1, 0.15) is 20.9 Å². The summed E-state index contributed by atoms with van der Waals surface area (Å²) in [6.45, 7) is 4.43. The van der Waals surface area contributed by atoms with E-state index in [-0.39, 0.29) is 0 Å². The number of nitrogens with zero attached hydrogens (tertiary/aromatic N) is 3. The van der Waals surface area contributed by atoms with Crippen molar-refractivity contribution >= 4 is 17.3 Å². The minimum atomic E-state index is 0.732. The Balaban J connectivity index is 1.52. The van der Waals surface area contributed by atoms with Crippen LogP contribution >= 0.6 is 11.3 Å². The lowest BCUT2D eigenvalue weighted by Gasteiger charge is -2.12. The van der Waals surface area contributed by atoms with Crippen molar-refractivity contribution in [1.82, 2.24) is 20.4 Å². The fraction of sp³-hybridized carbons (Fsp3) is 0.263. The lowest BCUT2D eigenvalue weighted by molar-refractivity contribution is 0.685. The van der Waals surface area contributed by atoms with Gasteiger partial charge in [-0.2, -0.15) is 5.10 Å². The zero-order valence-electron chi connectivity index (χ0n) is 14.6. The summed E-state index contributed by atoms with van der Waals surface area (Å²) in [4.78, 5) is 6.93. The van der Waals surface area contributed by atoms with Crippen LogP contribution in [0.5, 0.6) is 0 Å². The first-order chi connectivity index (χ1) is 12.2. The molecule has 25 heavy (non-hydrogen) atoms. The van der Waals surface area contributed by atoms with E-state index in [0.29, 0.717) is 0 Å². The van der Waals surface area contributed by atoms with Crippen molar-refractivity contribution in [2.24, 2.45) is 4.99 Å². The molecule has 2 heterocycles. The minimum absolute atomic E-state index is 0.732. The Kier molecular flexibility index (Phi) is 5.85. The molecule has 5 nitrogen and oxygen atoms in total. The third-order valence-electron chi connectivity index (χ3n) is 3.80. The second-order valence-corrected chi connectivity index (χ2v) is 7.19. The second kappa shape index (κ2) is 8.48. The molecule has 6 heteroatoms. The topological polar surface area (TPSA) is 54.2 Å². The number of hydrogen-bond donors (Lipinski definition) is 2. The summed E-state index contributed by atoms with van der Waals surface area (Å²) in [7, 11) is 1.79. The van der Waals surface area contributed by atoms with E-state index in [1.54, 1.807) is 24.6 Å². The maximum Gasteiger partial charge on any atom is 0.191 e. The molecular weight excluding hydrogens is 330 g/mol. The fourth-order valence-corrected chi connectivity index (χ4v) is 3.41. The molecule has 2 aromatic heterocycles. The first kappa shape index (κ1) is 17.2. The molecule has 0 aliphatic heterocycles. The number of aromatic nitrogens is 2. The van der Waals surface area contributed by atoms with Crippen molar-refractivity contribution < 1.29 is 0 Å². The maximum absolute atomic E-state index is 4.29. The van der Waals surface area contributed by atoms with Crippen LogP contribution < -0.4 is 10.6 Å².